The van der Waals surface area contributed by atoms with E-state index in [2.05, 4.69) is 5.32 Å². The van der Waals surface area contributed by atoms with Gasteiger partial charge in [0.1, 0.15) is 11.7 Å². The van der Waals surface area contributed by atoms with Crippen LogP contribution < -0.4 is 5.32 Å². The smallest absolute Gasteiger partial charge is 0.338 e. The van der Waals surface area contributed by atoms with E-state index in [1.807, 2.05) is 37.3 Å². The number of aliphatic hydroxyl groups is 3. The molecule has 1 aliphatic heterocycles. The van der Waals surface area contributed by atoms with Gasteiger partial charge in [0, 0.05) is 78.9 Å². The number of hydrogen-bond acceptors (Lipinski definition) is 10. The Hall–Kier alpha value is -3.50. The minimum absolute atomic E-state index is 0. The molecule has 4 N–H and O–H groups in total. The molecule has 1 amide bonds. The van der Waals surface area contributed by atoms with Gasteiger partial charge in [-0.15, -0.1) is 0 Å². The molecule has 12 heteroatoms. The van der Waals surface area contributed by atoms with E-state index in [9.17, 15) is 29.7 Å². The third-order valence-electron chi connectivity index (χ3n) is 13.4. The van der Waals surface area contributed by atoms with E-state index in [1.165, 1.54) is 6.08 Å². The number of ketones is 1. The number of aliphatic hydroxyl groups excluding tert-OH is 1. The summed E-state index contributed by atoms with van der Waals surface area (Å²) in [6.45, 7) is 8.78. The van der Waals surface area contributed by atoms with Crippen molar-refractivity contribution in [3.8, 4) is 0 Å². The second-order valence-electron chi connectivity index (χ2n) is 16.9. The number of carbonyl (C=O) groups excluding carboxylic acids is 4. The SMILES string of the molecule is CC1=C2C(OC(=O)/C=C/c3ccccc3)C(=O)[C@]3(C)CCC4OCC4(O)C3[C@H](C)C(O)(CC1OC(=O)C(O)C(NC(=O)c1ccccc1)c1ccccc1)C2(C)C.[Ac]. The molecular formula is C46H51AcNO10. The van der Waals surface area contributed by atoms with Crippen molar-refractivity contribution in [3.63, 3.8) is 0 Å². The van der Waals surface area contributed by atoms with Crippen LogP contribution in [0.2, 0.25) is 0 Å². The molecule has 3 aromatic carbocycles. The summed E-state index contributed by atoms with van der Waals surface area (Å²) in [6.07, 6.45) is -1.76. The van der Waals surface area contributed by atoms with E-state index in [1.54, 1.807) is 94.4 Å². The third-order valence-corrected chi connectivity index (χ3v) is 13.4. The largest absolute Gasteiger partial charge is 0.456 e. The molecule has 3 aromatic rings. The summed E-state index contributed by atoms with van der Waals surface area (Å²) in [7, 11) is 0. The minimum atomic E-state index is -1.89. The van der Waals surface area contributed by atoms with Gasteiger partial charge in [-0.1, -0.05) is 107 Å². The van der Waals surface area contributed by atoms with Gasteiger partial charge in [-0.05, 0) is 66.2 Å². The number of hydrogen-bond donors (Lipinski definition) is 4. The first-order valence-corrected chi connectivity index (χ1v) is 19.6. The predicted octanol–water partition coefficient (Wildman–Crippen LogP) is 5.30. The molecule has 10 atom stereocenters. The first-order chi connectivity index (χ1) is 27.0. The average Bonchev–Trinajstić information content (AvgIpc) is 3.20. The van der Waals surface area contributed by atoms with E-state index in [0.29, 0.717) is 29.5 Å². The van der Waals surface area contributed by atoms with Gasteiger partial charge in [-0.3, -0.25) is 9.59 Å². The fourth-order valence-electron chi connectivity index (χ4n) is 10.3. The van der Waals surface area contributed by atoms with Gasteiger partial charge in [0.05, 0.1) is 24.4 Å². The van der Waals surface area contributed by atoms with Crippen LogP contribution in [0.3, 0.4) is 0 Å². The Kier molecular flexibility index (Phi) is 12.8. The zero-order valence-corrected chi connectivity index (χ0v) is 38.2. The summed E-state index contributed by atoms with van der Waals surface area (Å²) in [4.78, 5) is 56.4. The van der Waals surface area contributed by atoms with Gasteiger partial charge in [0.25, 0.3) is 5.91 Å². The van der Waals surface area contributed by atoms with Crippen molar-refractivity contribution in [1.82, 2.24) is 5.32 Å². The maximum absolute atomic E-state index is 15.2. The van der Waals surface area contributed by atoms with Gasteiger partial charge in [0.15, 0.2) is 18.0 Å². The number of amides is 1. The zero-order valence-electron chi connectivity index (χ0n) is 33.5. The zero-order chi connectivity index (χ0) is 40.9. The fourth-order valence-corrected chi connectivity index (χ4v) is 10.3. The Morgan fingerprint density at radius 3 is 2.12 bits per heavy atom. The van der Waals surface area contributed by atoms with Crippen molar-refractivity contribution in [3.05, 3.63) is 125 Å². The maximum Gasteiger partial charge on any atom is 0.338 e. The van der Waals surface area contributed by atoms with Gasteiger partial charge in [0.2, 0.25) is 0 Å². The summed E-state index contributed by atoms with van der Waals surface area (Å²) < 4.78 is 18.1. The first kappa shape index (κ1) is 44.1. The Bertz CT molecular complexity index is 2090. The van der Waals surface area contributed by atoms with E-state index in [0.717, 1.165) is 5.56 Å². The molecular weight excluding hydrogens is 954 g/mol. The standard InChI is InChI=1S/C46H51NO10.Ac/c1-27-32(56-42(52)37(49)36(30-17-11-7-12-18-30)47-41(51)31-19-13-8-14-20-31)25-46(54)28(2)39-44(5,24-23-33-45(39,53)26-55-33)40(50)38(35(27)43(46,3)4)57-34(48)22-21-29-15-9-6-10-16-29;/h6-22,28,32-33,36-39,49,53-54H,23-26H2,1-5H3,(H,47,51);/b22-21+;/t28-,32?,33?,36?,37?,38?,39?,44+,45?,46?;/m0./s1. The normalized spacial score (nSPS) is 32.1. The van der Waals surface area contributed by atoms with Crippen LogP contribution in [0.15, 0.2) is 108 Å². The van der Waals surface area contributed by atoms with Crippen molar-refractivity contribution < 1.29 is 92.8 Å². The molecule has 4 aliphatic rings. The van der Waals surface area contributed by atoms with E-state index >= 15 is 4.79 Å². The number of nitrogens with one attached hydrogen (secondary N) is 1. The van der Waals surface area contributed by atoms with Crippen molar-refractivity contribution in [2.24, 2.45) is 22.7 Å². The molecule has 8 unspecified atom stereocenters. The number of rotatable bonds is 9. The molecule has 3 aliphatic carbocycles. The quantitative estimate of drug-likeness (QED) is 0.126. The number of Topliss-reactive ketones (excluding diaryl/α,β-unsaturated/α-hetero) is 1. The number of ether oxygens (including phenoxy) is 3. The maximum atomic E-state index is 15.2. The van der Waals surface area contributed by atoms with Gasteiger partial charge < -0.3 is 34.8 Å². The van der Waals surface area contributed by atoms with Crippen LogP contribution in [0.5, 0.6) is 0 Å². The molecule has 1 radical (unpaired) electrons. The summed E-state index contributed by atoms with van der Waals surface area (Å²) in [5, 5.41) is 39.9. The molecule has 1 heterocycles. The van der Waals surface area contributed by atoms with Gasteiger partial charge in [-0.25, -0.2) is 9.59 Å². The van der Waals surface area contributed by atoms with Crippen LogP contribution >= 0.6 is 0 Å². The van der Waals surface area contributed by atoms with E-state index in [4.69, 9.17) is 14.2 Å². The molecule has 2 saturated carbocycles. The number of carbonyl (C=O) groups is 4. The number of benzene rings is 3. The van der Waals surface area contributed by atoms with Crippen molar-refractivity contribution >= 4 is 29.7 Å². The molecule has 3 fully saturated rings. The molecule has 0 spiro atoms. The van der Waals surface area contributed by atoms with Gasteiger partial charge >= 0.3 is 11.9 Å². The minimum Gasteiger partial charge on any atom is -0.456 e. The van der Waals surface area contributed by atoms with E-state index in [-0.39, 0.29) is 62.7 Å². The fraction of sp³-hybridized carbons (Fsp3) is 0.435. The Morgan fingerprint density at radius 1 is 0.914 bits per heavy atom. The number of esters is 2. The molecule has 7 rings (SSSR count). The molecule has 0 aromatic heterocycles. The van der Waals surface area contributed by atoms with Crippen molar-refractivity contribution in [2.75, 3.05) is 6.61 Å². The monoisotopic (exact) mass is 1000 g/mol. The van der Waals surface area contributed by atoms with Crippen LogP contribution in [-0.2, 0) is 28.6 Å². The van der Waals surface area contributed by atoms with Crippen LogP contribution in [0.25, 0.3) is 6.08 Å². The Morgan fingerprint density at radius 2 is 1.52 bits per heavy atom. The first-order valence-electron chi connectivity index (χ1n) is 19.6. The van der Waals surface area contributed by atoms with Crippen LogP contribution in [0, 0.1) is 66.7 Å². The summed E-state index contributed by atoms with van der Waals surface area (Å²) >= 11 is 0. The molecule has 11 nitrogen and oxygen atoms in total. The predicted molar refractivity (Wildman–Crippen MR) is 210 cm³/mol. The number of fused-ring (bicyclic) bond motifs is 5. The Labute approximate surface area is 374 Å². The molecule has 2 bridgehead atoms. The average molecular weight is 1000 g/mol. The van der Waals surface area contributed by atoms with Crippen molar-refractivity contribution in [2.45, 2.75) is 95.5 Å². The molecule has 303 valence electrons. The summed E-state index contributed by atoms with van der Waals surface area (Å²) in [5.74, 6) is -4.40. The van der Waals surface area contributed by atoms with E-state index < -0.39 is 88.0 Å². The third kappa shape index (κ3) is 7.58. The van der Waals surface area contributed by atoms with Gasteiger partial charge in [-0.2, -0.15) is 0 Å². The molecule has 1 saturated heterocycles. The second kappa shape index (κ2) is 16.9. The molecule has 58 heavy (non-hydrogen) atoms. The van der Waals surface area contributed by atoms with Crippen LogP contribution in [0.4, 0.5) is 0 Å². The summed E-state index contributed by atoms with van der Waals surface area (Å²) in [5.41, 5.74) is -3.50. The topological polar surface area (TPSA) is 169 Å². The van der Waals surface area contributed by atoms with Crippen LogP contribution in [0.1, 0.15) is 81.4 Å². The van der Waals surface area contributed by atoms with Crippen LogP contribution in [-0.4, -0.2) is 81.2 Å². The summed E-state index contributed by atoms with van der Waals surface area (Å²) in [6, 6.07) is 24.9. The van der Waals surface area contributed by atoms with Crippen molar-refractivity contribution in [1.29, 1.82) is 0 Å². The Balaban J connectivity index is 0.00000567. The second-order valence-corrected chi connectivity index (χ2v) is 16.9.